The summed E-state index contributed by atoms with van der Waals surface area (Å²) in [5.41, 5.74) is 0. The van der Waals surface area contributed by atoms with Crippen LogP contribution in [-0.4, -0.2) is 37.2 Å². The highest BCUT2D eigenvalue weighted by atomic mass is 16.6. The minimum absolute atomic E-state index is 0.0693. The van der Waals surface area contributed by atoms with Crippen LogP contribution < -0.4 is 0 Å². The van der Waals surface area contributed by atoms with Crippen molar-refractivity contribution in [3.63, 3.8) is 0 Å². The third-order valence-corrected chi connectivity index (χ3v) is 15.4. The van der Waals surface area contributed by atoms with Crippen LogP contribution in [0.2, 0.25) is 0 Å². The van der Waals surface area contributed by atoms with Gasteiger partial charge in [0.1, 0.15) is 13.2 Å². The molecule has 0 amide bonds. The summed E-state index contributed by atoms with van der Waals surface area (Å²) in [5, 5.41) is 0. The first-order valence-electron chi connectivity index (χ1n) is 33.8. The molecule has 0 aliphatic heterocycles. The van der Waals surface area contributed by atoms with E-state index in [0.717, 1.165) is 64.2 Å². The van der Waals surface area contributed by atoms with Crippen LogP contribution in [0.5, 0.6) is 0 Å². The number of esters is 3. The minimum Gasteiger partial charge on any atom is -0.462 e. The van der Waals surface area contributed by atoms with Crippen LogP contribution in [0.3, 0.4) is 0 Å². The first-order chi connectivity index (χ1) is 37.0. The molecule has 1 atom stereocenters. The number of ether oxygens (including phenoxy) is 3. The molecule has 0 aromatic heterocycles. The van der Waals surface area contributed by atoms with Gasteiger partial charge in [0.25, 0.3) is 0 Å². The molecule has 0 heterocycles. The van der Waals surface area contributed by atoms with E-state index >= 15 is 0 Å². The average molecular weight is 1060 g/mol. The Labute approximate surface area is 468 Å². The highest BCUT2D eigenvalue weighted by molar-refractivity contribution is 5.71. The van der Waals surface area contributed by atoms with Gasteiger partial charge in [-0.2, -0.15) is 0 Å². The van der Waals surface area contributed by atoms with Crippen LogP contribution in [0.4, 0.5) is 0 Å². The normalized spacial score (nSPS) is 12.1. The Kier molecular flexibility index (Phi) is 62.6. The summed E-state index contributed by atoms with van der Waals surface area (Å²) >= 11 is 0. The van der Waals surface area contributed by atoms with Gasteiger partial charge in [0.2, 0.25) is 0 Å². The molecule has 0 aliphatic rings. The molecular formula is C69H130O6. The number of rotatable bonds is 63. The number of carbonyl (C=O) groups is 3. The van der Waals surface area contributed by atoms with Gasteiger partial charge < -0.3 is 14.2 Å². The lowest BCUT2D eigenvalue weighted by atomic mass is 10.0. The van der Waals surface area contributed by atoms with Gasteiger partial charge in [-0.15, -0.1) is 0 Å². The fraction of sp³-hybridized carbons (Fsp3) is 0.899. The second kappa shape index (κ2) is 64.4. The molecule has 0 radical (unpaired) electrons. The van der Waals surface area contributed by atoms with E-state index in [2.05, 4.69) is 45.1 Å². The summed E-state index contributed by atoms with van der Waals surface area (Å²) in [4.78, 5) is 38.4. The Morgan fingerprint density at radius 1 is 0.253 bits per heavy atom. The van der Waals surface area contributed by atoms with Crippen molar-refractivity contribution in [2.45, 2.75) is 386 Å². The molecule has 0 unspecified atom stereocenters. The van der Waals surface area contributed by atoms with E-state index in [0.29, 0.717) is 19.3 Å². The zero-order chi connectivity index (χ0) is 54.3. The quantitative estimate of drug-likeness (QED) is 0.0261. The number of carbonyl (C=O) groups excluding carboxylic acids is 3. The largest absolute Gasteiger partial charge is 0.462 e. The van der Waals surface area contributed by atoms with E-state index < -0.39 is 6.10 Å². The first kappa shape index (κ1) is 72.9. The molecule has 0 saturated heterocycles. The predicted octanol–water partition coefficient (Wildman–Crippen LogP) is 23.0. The van der Waals surface area contributed by atoms with Crippen molar-refractivity contribution in [3.05, 3.63) is 24.3 Å². The van der Waals surface area contributed by atoms with E-state index in [4.69, 9.17) is 14.2 Å². The molecule has 0 rings (SSSR count). The monoisotopic (exact) mass is 1050 g/mol. The molecular weight excluding hydrogens is 925 g/mol. The molecule has 0 fully saturated rings. The molecule has 0 saturated carbocycles. The van der Waals surface area contributed by atoms with E-state index in [1.54, 1.807) is 0 Å². The Balaban J connectivity index is 4.28. The molecule has 0 aromatic carbocycles. The molecule has 0 aromatic rings. The number of allylic oxidation sites excluding steroid dienone is 4. The van der Waals surface area contributed by atoms with Crippen LogP contribution in [-0.2, 0) is 28.6 Å². The smallest absolute Gasteiger partial charge is 0.306 e. The van der Waals surface area contributed by atoms with E-state index in [1.165, 1.54) is 276 Å². The third-order valence-electron chi connectivity index (χ3n) is 15.4. The average Bonchev–Trinajstić information content (AvgIpc) is 3.41. The van der Waals surface area contributed by atoms with Gasteiger partial charge >= 0.3 is 17.9 Å². The van der Waals surface area contributed by atoms with E-state index in [-0.39, 0.29) is 31.1 Å². The van der Waals surface area contributed by atoms with Crippen LogP contribution in [0.15, 0.2) is 24.3 Å². The topological polar surface area (TPSA) is 78.9 Å². The van der Waals surface area contributed by atoms with Crippen molar-refractivity contribution in [1.82, 2.24) is 0 Å². The van der Waals surface area contributed by atoms with Crippen molar-refractivity contribution < 1.29 is 28.6 Å². The Morgan fingerprint density at radius 3 is 0.667 bits per heavy atom. The van der Waals surface area contributed by atoms with Gasteiger partial charge in [-0.1, -0.05) is 315 Å². The summed E-state index contributed by atoms with van der Waals surface area (Å²) < 4.78 is 17.0. The van der Waals surface area contributed by atoms with Crippen molar-refractivity contribution in [1.29, 1.82) is 0 Å². The van der Waals surface area contributed by atoms with Crippen LogP contribution in [0.25, 0.3) is 0 Å². The maximum Gasteiger partial charge on any atom is 0.306 e. The summed E-state index contributed by atoms with van der Waals surface area (Å²) in [6, 6.07) is 0. The Bertz CT molecular complexity index is 1210. The van der Waals surface area contributed by atoms with Crippen LogP contribution >= 0.6 is 0 Å². The molecule has 0 bridgehead atoms. The van der Waals surface area contributed by atoms with Crippen molar-refractivity contribution in [3.8, 4) is 0 Å². The van der Waals surface area contributed by atoms with Crippen LogP contribution in [0.1, 0.15) is 380 Å². The minimum atomic E-state index is -0.773. The fourth-order valence-electron chi connectivity index (χ4n) is 10.3. The predicted molar refractivity (Wildman–Crippen MR) is 326 cm³/mol. The highest BCUT2D eigenvalue weighted by Crippen LogP contribution is 2.18. The molecule has 442 valence electrons. The molecule has 75 heavy (non-hydrogen) atoms. The summed E-state index contributed by atoms with van der Waals surface area (Å²) in [6.45, 7) is 6.70. The Morgan fingerprint density at radius 2 is 0.440 bits per heavy atom. The number of hydrogen-bond acceptors (Lipinski definition) is 6. The summed E-state index contributed by atoms with van der Waals surface area (Å²) in [7, 11) is 0. The molecule has 0 N–H and O–H groups in total. The van der Waals surface area contributed by atoms with Gasteiger partial charge in [0.05, 0.1) is 0 Å². The highest BCUT2D eigenvalue weighted by Gasteiger charge is 2.19. The second-order valence-electron chi connectivity index (χ2n) is 23.1. The Hall–Kier alpha value is -2.11. The third kappa shape index (κ3) is 62.6. The lowest BCUT2D eigenvalue weighted by Gasteiger charge is -2.18. The zero-order valence-electron chi connectivity index (χ0n) is 50.8. The number of hydrogen-bond donors (Lipinski definition) is 0. The van der Waals surface area contributed by atoms with E-state index in [9.17, 15) is 14.4 Å². The molecule has 6 nitrogen and oxygen atoms in total. The molecule has 0 spiro atoms. The zero-order valence-corrected chi connectivity index (χ0v) is 50.8. The lowest BCUT2D eigenvalue weighted by molar-refractivity contribution is -0.167. The van der Waals surface area contributed by atoms with Gasteiger partial charge in [-0.3, -0.25) is 14.4 Å². The molecule has 0 aliphatic carbocycles. The van der Waals surface area contributed by atoms with Gasteiger partial charge in [-0.05, 0) is 70.6 Å². The van der Waals surface area contributed by atoms with Crippen molar-refractivity contribution in [2.75, 3.05) is 13.2 Å². The fourth-order valence-corrected chi connectivity index (χ4v) is 10.3. The maximum absolute atomic E-state index is 12.9. The standard InChI is InChI=1S/C69H130O6/c1-4-7-10-13-16-19-22-25-28-30-32-34-36-38-41-43-46-49-52-55-58-61-67(70)73-64-66(75-69(72)63-60-57-54-51-48-45-40-27-24-21-18-15-12-9-6-3)65-74-68(71)62-59-56-53-50-47-44-42-39-37-35-33-31-29-26-23-20-17-14-11-8-5-2/h25,27-28,40,66H,4-24,26,29-39,41-65H2,1-3H3/b28-25-,40-27-/t66-/m1/s1. The van der Waals surface area contributed by atoms with Gasteiger partial charge in [0.15, 0.2) is 6.10 Å². The lowest BCUT2D eigenvalue weighted by Crippen LogP contribution is -2.30. The maximum atomic E-state index is 12.9. The SMILES string of the molecule is CCCCCCCC/C=C\CCCCCCCCCCCCCC(=O)OC[C@H](COC(=O)CCCCCCCCCCCCCCCCCCCCCCC)OC(=O)CCCCCCC/C=C\CCCCCCCC. The van der Waals surface area contributed by atoms with Crippen LogP contribution in [0, 0.1) is 0 Å². The summed E-state index contributed by atoms with van der Waals surface area (Å²) in [5.74, 6) is -0.849. The van der Waals surface area contributed by atoms with E-state index in [1.807, 2.05) is 0 Å². The first-order valence-corrected chi connectivity index (χ1v) is 33.8. The van der Waals surface area contributed by atoms with Crippen molar-refractivity contribution in [2.24, 2.45) is 0 Å². The van der Waals surface area contributed by atoms with Crippen molar-refractivity contribution >= 4 is 17.9 Å². The second-order valence-corrected chi connectivity index (χ2v) is 23.1. The van der Waals surface area contributed by atoms with Gasteiger partial charge in [0, 0.05) is 19.3 Å². The number of unbranched alkanes of at least 4 members (excludes halogenated alkanes) is 48. The molecule has 6 heteroatoms. The van der Waals surface area contributed by atoms with Gasteiger partial charge in [-0.25, -0.2) is 0 Å². The summed E-state index contributed by atoms with van der Waals surface area (Å²) in [6.07, 6.45) is 77.6.